The van der Waals surface area contributed by atoms with E-state index in [9.17, 15) is 9.59 Å². The van der Waals surface area contributed by atoms with Crippen molar-refractivity contribution in [2.24, 2.45) is 0 Å². The van der Waals surface area contributed by atoms with E-state index < -0.39 is 5.97 Å². The van der Waals surface area contributed by atoms with Gasteiger partial charge in [0.25, 0.3) is 5.91 Å². The number of benzene rings is 1. The van der Waals surface area contributed by atoms with E-state index in [1.54, 1.807) is 4.90 Å². The lowest BCUT2D eigenvalue weighted by Crippen LogP contribution is -2.38. The van der Waals surface area contributed by atoms with Crippen molar-refractivity contribution in [3.8, 4) is 0 Å². The second kappa shape index (κ2) is 8.77. The molecule has 1 amide bonds. The number of aromatic nitrogens is 1. The Balaban J connectivity index is 1.72. The Bertz CT molecular complexity index is 781. The largest absolute Gasteiger partial charge is 0.477 e. The average Bonchev–Trinajstić information content (AvgIpc) is 3.19. The van der Waals surface area contributed by atoms with E-state index in [0.717, 1.165) is 25.9 Å². The van der Waals surface area contributed by atoms with Crippen molar-refractivity contribution >= 4 is 11.9 Å². The number of aryl methyl sites for hydroxylation is 1. The topological polar surface area (TPSA) is 79.7 Å². The van der Waals surface area contributed by atoms with Crippen LogP contribution in [0.1, 0.15) is 44.8 Å². The molecular formula is C21H24N2O4. The number of nitrogens with zero attached hydrogens (tertiary/aromatic N) is 2. The summed E-state index contributed by atoms with van der Waals surface area (Å²) in [6, 6.07) is 11.2. The summed E-state index contributed by atoms with van der Waals surface area (Å²) in [6.45, 7) is 3.89. The number of carbonyl (C=O) groups is 2. The summed E-state index contributed by atoms with van der Waals surface area (Å²) < 4.78 is 5.70. The fraction of sp³-hybridized carbons (Fsp3) is 0.381. The molecule has 3 rings (SSSR count). The van der Waals surface area contributed by atoms with Gasteiger partial charge in [-0.3, -0.25) is 4.79 Å². The van der Waals surface area contributed by atoms with E-state index in [1.165, 1.54) is 29.5 Å². The number of rotatable bonds is 7. The predicted octanol–water partition coefficient (Wildman–Crippen LogP) is 2.95. The number of aromatic carboxylic acids is 1. The maximum atomic E-state index is 13.0. The van der Waals surface area contributed by atoms with E-state index >= 15 is 0 Å². The zero-order chi connectivity index (χ0) is 19.2. The third-order valence-corrected chi connectivity index (χ3v) is 4.76. The molecule has 1 aromatic carbocycles. The monoisotopic (exact) mass is 368 g/mol. The van der Waals surface area contributed by atoms with Crippen LogP contribution in [0, 0.1) is 6.92 Å². The van der Waals surface area contributed by atoms with Gasteiger partial charge < -0.3 is 14.7 Å². The minimum absolute atomic E-state index is 0.0539. The fourth-order valence-corrected chi connectivity index (χ4v) is 3.16. The molecule has 0 bridgehead atoms. The van der Waals surface area contributed by atoms with Gasteiger partial charge in [-0.1, -0.05) is 29.8 Å². The smallest absolute Gasteiger partial charge is 0.354 e. The van der Waals surface area contributed by atoms with Gasteiger partial charge in [0, 0.05) is 25.9 Å². The Hall–Kier alpha value is -2.73. The summed E-state index contributed by atoms with van der Waals surface area (Å²) >= 11 is 0. The Kier molecular flexibility index (Phi) is 6.19. The van der Waals surface area contributed by atoms with Gasteiger partial charge >= 0.3 is 5.97 Å². The lowest BCUT2D eigenvalue weighted by atomic mass is 10.1. The van der Waals surface area contributed by atoms with Crippen LogP contribution in [0.15, 0.2) is 42.6 Å². The highest BCUT2D eigenvalue weighted by atomic mass is 16.5. The van der Waals surface area contributed by atoms with Gasteiger partial charge in [-0.25, -0.2) is 9.78 Å². The van der Waals surface area contributed by atoms with Gasteiger partial charge in [-0.05, 0) is 43.9 Å². The van der Waals surface area contributed by atoms with Crippen LogP contribution in [0.25, 0.3) is 0 Å². The first-order valence-electron chi connectivity index (χ1n) is 9.18. The standard InChI is InChI=1S/C21H24N2O4/c1-15-4-6-16(7-5-15)10-11-23(14-18-3-2-12-27-18)20(24)17-8-9-19(21(25)26)22-13-17/h4-9,13,18H,2-3,10-12,14H2,1H3,(H,25,26). The highest BCUT2D eigenvalue weighted by Crippen LogP contribution is 2.16. The lowest BCUT2D eigenvalue weighted by Gasteiger charge is -2.25. The first kappa shape index (κ1) is 19.0. The SMILES string of the molecule is Cc1ccc(CCN(CC2CCCO2)C(=O)c2ccc(C(=O)O)nc2)cc1. The lowest BCUT2D eigenvalue weighted by molar-refractivity contribution is 0.0528. The van der Waals surface area contributed by atoms with Crippen LogP contribution in [0.3, 0.4) is 0 Å². The van der Waals surface area contributed by atoms with E-state index in [-0.39, 0.29) is 17.7 Å². The quantitative estimate of drug-likeness (QED) is 0.813. The summed E-state index contributed by atoms with van der Waals surface area (Å²) in [4.78, 5) is 29.6. The molecule has 1 fully saturated rings. The molecule has 1 aromatic heterocycles. The number of hydrogen-bond donors (Lipinski definition) is 1. The fourth-order valence-electron chi connectivity index (χ4n) is 3.16. The molecule has 1 atom stereocenters. The molecule has 0 radical (unpaired) electrons. The third kappa shape index (κ3) is 5.14. The van der Waals surface area contributed by atoms with Gasteiger partial charge in [-0.2, -0.15) is 0 Å². The highest BCUT2D eigenvalue weighted by Gasteiger charge is 2.23. The molecule has 1 unspecified atom stereocenters. The molecule has 1 saturated heterocycles. The van der Waals surface area contributed by atoms with Crippen molar-refractivity contribution in [3.63, 3.8) is 0 Å². The van der Waals surface area contributed by atoms with Crippen molar-refractivity contribution in [1.29, 1.82) is 0 Å². The molecule has 6 heteroatoms. The second-order valence-electron chi connectivity index (χ2n) is 6.86. The van der Waals surface area contributed by atoms with Gasteiger partial charge in [0.1, 0.15) is 5.69 Å². The number of pyridine rings is 1. The van der Waals surface area contributed by atoms with E-state index in [0.29, 0.717) is 18.7 Å². The normalized spacial score (nSPS) is 16.3. The zero-order valence-electron chi connectivity index (χ0n) is 15.4. The van der Waals surface area contributed by atoms with Crippen molar-refractivity contribution in [2.45, 2.75) is 32.3 Å². The summed E-state index contributed by atoms with van der Waals surface area (Å²) in [5, 5.41) is 8.97. The molecule has 142 valence electrons. The molecule has 0 aliphatic carbocycles. The summed E-state index contributed by atoms with van der Waals surface area (Å²) in [7, 11) is 0. The Morgan fingerprint density at radius 1 is 1.22 bits per heavy atom. The number of ether oxygens (including phenoxy) is 1. The van der Waals surface area contributed by atoms with E-state index in [1.807, 2.05) is 6.92 Å². The zero-order valence-corrected chi connectivity index (χ0v) is 15.4. The molecule has 6 nitrogen and oxygen atoms in total. The minimum Gasteiger partial charge on any atom is -0.477 e. The van der Waals surface area contributed by atoms with Gasteiger partial charge in [0.2, 0.25) is 0 Å². The number of carbonyl (C=O) groups excluding carboxylic acids is 1. The van der Waals surface area contributed by atoms with Crippen LogP contribution >= 0.6 is 0 Å². The average molecular weight is 368 g/mol. The molecular weight excluding hydrogens is 344 g/mol. The number of carboxylic acid groups (broad SMARTS) is 1. The van der Waals surface area contributed by atoms with Crippen molar-refractivity contribution in [1.82, 2.24) is 9.88 Å². The summed E-state index contributed by atoms with van der Waals surface area (Å²) in [6.07, 6.45) is 4.10. The van der Waals surface area contributed by atoms with E-state index in [2.05, 4.69) is 29.2 Å². The van der Waals surface area contributed by atoms with Crippen molar-refractivity contribution < 1.29 is 19.4 Å². The molecule has 0 spiro atoms. The molecule has 2 heterocycles. The van der Waals surface area contributed by atoms with Crippen LogP contribution in [0.4, 0.5) is 0 Å². The first-order chi connectivity index (χ1) is 13.0. The number of hydrogen-bond acceptors (Lipinski definition) is 4. The van der Waals surface area contributed by atoms with Gasteiger partial charge in [0.05, 0.1) is 11.7 Å². The van der Waals surface area contributed by atoms with Gasteiger partial charge in [-0.15, -0.1) is 0 Å². The predicted molar refractivity (Wildman–Crippen MR) is 101 cm³/mol. The van der Waals surface area contributed by atoms with Crippen molar-refractivity contribution in [2.75, 3.05) is 19.7 Å². The summed E-state index contributed by atoms with van der Waals surface area (Å²) in [5.41, 5.74) is 2.69. The van der Waals surface area contributed by atoms with Crippen LogP contribution < -0.4 is 0 Å². The van der Waals surface area contributed by atoms with Crippen LogP contribution in [0.2, 0.25) is 0 Å². The van der Waals surface area contributed by atoms with Crippen LogP contribution in [-0.4, -0.2) is 52.7 Å². The van der Waals surface area contributed by atoms with Crippen molar-refractivity contribution in [3.05, 3.63) is 65.0 Å². The van der Waals surface area contributed by atoms with Crippen LogP contribution in [-0.2, 0) is 11.2 Å². The molecule has 1 aliphatic rings. The van der Waals surface area contributed by atoms with Gasteiger partial charge in [0.15, 0.2) is 0 Å². The Morgan fingerprint density at radius 3 is 2.59 bits per heavy atom. The number of amides is 1. The first-order valence-corrected chi connectivity index (χ1v) is 9.18. The second-order valence-corrected chi connectivity index (χ2v) is 6.86. The third-order valence-electron chi connectivity index (χ3n) is 4.76. The number of carboxylic acids is 1. The molecule has 1 aliphatic heterocycles. The molecule has 1 N–H and O–H groups in total. The summed E-state index contributed by atoms with van der Waals surface area (Å²) in [5.74, 6) is -1.26. The van der Waals surface area contributed by atoms with Crippen LogP contribution in [0.5, 0.6) is 0 Å². The maximum Gasteiger partial charge on any atom is 0.354 e. The highest BCUT2D eigenvalue weighted by molar-refractivity contribution is 5.95. The maximum absolute atomic E-state index is 13.0. The Morgan fingerprint density at radius 2 is 2.00 bits per heavy atom. The van der Waals surface area contributed by atoms with E-state index in [4.69, 9.17) is 9.84 Å². The molecule has 0 saturated carbocycles. The minimum atomic E-state index is -1.11. The molecule has 27 heavy (non-hydrogen) atoms. The Labute approximate surface area is 158 Å². The molecule has 2 aromatic rings.